The fourth-order valence-corrected chi connectivity index (χ4v) is 2.99. The molecule has 1 aromatic rings. The molecule has 2 N–H and O–H groups in total. The largest absolute Gasteiger partial charge is 0.480 e. The summed E-state index contributed by atoms with van der Waals surface area (Å²) in [5, 5.41) is 11.9. The van der Waals surface area contributed by atoms with Gasteiger partial charge in [0.25, 0.3) is 0 Å². The Morgan fingerprint density at radius 1 is 1.11 bits per heavy atom. The summed E-state index contributed by atoms with van der Waals surface area (Å²) in [7, 11) is 0. The summed E-state index contributed by atoms with van der Waals surface area (Å²) < 4.78 is 9.34. The predicted molar refractivity (Wildman–Crippen MR) is 104 cm³/mol. The zero-order chi connectivity index (χ0) is 20.7. The van der Waals surface area contributed by atoms with E-state index in [2.05, 4.69) is 5.32 Å². The number of carboxylic acids is 1. The average Bonchev–Trinajstić information content (AvgIpc) is 2.55. The number of nitrogens with one attached hydrogen (secondary N) is 1. The summed E-state index contributed by atoms with van der Waals surface area (Å²) in [6.07, 6.45) is -0.836. The van der Waals surface area contributed by atoms with Gasteiger partial charge >= 0.3 is 18.0 Å². The van der Waals surface area contributed by atoms with Crippen LogP contribution in [-0.4, -0.2) is 45.3 Å². The van der Waals surface area contributed by atoms with Gasteiger partial charge in [0.2, 0.25) is 0 Å². The van der Waals surface area contributed by atoms with E-state index in [0.717, 1.165) is 17.3 Å². The third kappa shape index (κ3) is 8.81. The zero-order valence-electron chi connectivity index (χ0n) is 16.3. The molecule has 0 radical (unpaired) electrons. The normalized spacial score (nSPS) is 12.8. The molecule has 1 atom stereocenters. The number of carboxylic acid groups (broad SMARTS) is 1. The molecule has 0 bridgehead atoms. The molecule has 1 rings (SSSR count). The number of hydrogen-bond acceptors (Lipinski definition) is 6. The highest BCUT2D eigenvalue weighted by atomic mass is 32.2. The number of hydrogen-bond donors (Lipinski definition) is 2. The minimum Gasteiger partial charge on any atom is -0.480 e. The molecule has 7 nitrogen and oxygen atoms in total. The van der Waals surface area contributed by atoms with E-state index in [1.807, 2.05) is 18.2 Å². The second-order valence-electron chi connectivity index (χ2n) is 7.46. The van der Waals surface area contributed by atoms with Crippen molar-refractivity contribution in [1.82, 2.24) is 5.32 Å². The van der Waals surface area contributed by atoms with E-state index in [1.54, 1.807) is 46.8 Å². The van der Waals surface area contributed by atoms with Crippen LogP contribution in [0.3, 0.4) is 0 Å². The van der Waals surface area contributed by atoms with E-state index in [0.29, 0.717) is 0 Å². The van der Waals surface area contributed by atoms with Crippen LogP contribution in [0.4, 0.5) is 4.79 Å². The summed E-state index contributed by atoms with van der Waals surface area (Å²) in [6, 6.07) is 7.81. The molecule has 0 aliphatic heterocycles. The standard InChI is InChI=1S/C19H27NO6S/c1-18(2,3)26-14(21)12-27-19(4,5)15(16(22)23)20-17(24)25-11-13-9-7-6-8-10-13/h6-10,15H,11-12H2,1-5H3,(H,20,24)(H,22,23). The van der Waals surface area contributed by atoms with Crippen LogP contribution in [0.25, 0.3) is 0 Å². The monoisotopic (exact) mass is 397 g/mol. The molecule has 150 valence electrons. The first-order chi connectivity index (χ1) is 12.4. The Kier molecular flexibility index (Phi) is 8.15. The zero-order valence-corrected chi connectivity index (χ0v) is 17.1. The Morgan fingerprint density at radius 3 is 2.22 bits per heavy atom. The Labute approximate surface area is 163 Å². The molecule has 0 aliphatic rings. The van der Waals surface area contributed by atoms with E-state index < -0.39 is 34.4 Å². The Hall–Kier alpha value is -2.22. The van der Waals surface area contributed by atoms with Gasteiger partial charge in [0, 0.05) is 4.75 Å². The predicted octanol–water partition coefficient (Wildman–Crippen LogP) is 3.22. The van der Waals surface area contributed by atoms with Gasteiger partial charge < -0.3 is 19.9 Å². The fourth-order valence-electron chi connectivity index (χ4n) is 2.11. The number of alkyl carbamates (subject to hydrolysis) is 1. The maximum atomic E-state index is 12.0. The first-order valence-corrected chi connectivity index (χ1v) is 9.45. The molecule has 1 aromatic carbocycles. The fraction of sp³-hybridized carbons (Fsp3) is 0.526. The number of thioether (sulfide) groups is 1. The minimum absolute atomic E-state index is 0.0322. The summed E-state index contributed by atoms with van der Waals surface area (Å²) in [6.45, 7) is 8.57. The molecule has 0 saturated carbocycles. The molecule has 0 aliphatic carbocycles. The number of ether oxygens (including phenoxy) is 2. The first-order valence-electron chi connectivity index (χ1n) is 8.46. The number of aliphatic carboxylic acids is 1. The Bertz CT molecular complexity index is 654. The second kappa shape index (κ2) is 9.64. The third-order valence-corrected chi connectivity index (χ3v) is 4.76. The number of rotatable bonds is 8. The SMILES string of the molecule is CC(C)(C)OC(=O)CSC(C)(C)C(NC(=O)OCc1ccccc1)C(=O)O. The van der Waals surface area contributed by atoms with Gasteiger partial charge in [-0.1, -0.05) is 30.3 Å². The molecule has 8 heteroatoms. The smallest absolute Gasteiger partial charge is 0.408 e. The van der Waals surface area contributed by atoms with Gasteiger partial charge in [0.15, 0.2) is 0 Å². The molecule has 0 aromatic heterocycles. The van der Waals surface area contributed by atoms with Crippen LogP contribution in [0.15, 0.2) is 30.3 Å². The summed E-state index contributed by atoms with van der Waals surface area (Å²) in [4.78, 5) is 35.5. The lowest BCUT2D eigenvalue weighted by atomic mass is 10.0. The van der Waals surface area contributed by atoms with Gasteiger partial charge in [-0.05, 0) is 40.2 Å². The minimum atomic E-state index is -1.24. The van der Waals surface area contributed by atoms with Crippen molar-refractivity contribution < 1.29 is 29.0 Å². The second-order valence-corrected chi connectivity index (χ2v) is 9.09. The number of esters is 1. The van der Waals surface area contributed by atoms with Crippen molar-refractivity contribution in [2.75, 3.05) is 5.75 Å². The highest BCUT2D eigenvalue weighted by Crippen LogP contribution is 2.29. The van der Waals surface area contributed by atoms with Crippen molar-refractivity contribution >= 4 is 29.8 Å². The maximum absolute atomic E-state index is 12.0. The average molecular weight is 397 g/mol. The van der Waals surface area contributed by atoms with Gasteiger partial charge in [-0.3, -0.25) is 4.79 Å². The highest BCUT2D eigenvalue weighted by Gasteiger charge is 2.38. The molecule has 1 amide bonds. The number of benzene rings is 1. The Morgan fingerprint density at radius 2 is 1.70 bits per heavy atom. The van der Waals surface area contributed by atoms with Gasteiger partial charge in [-0.2, -0.15) is 0 Å². The van der Waals surface area contributed by atoms with E-state index in [1.165, 1.54) is 0 Å². The molecular formula is C19H27NO6S. The number of amides is 1. The number of carbonyl (C=O) groups excluding carboxylic acids is 2. The van der Waals surface area contributed by atoms with E-state index in [-0.39, 0.29) is 12.4 Å². The van der Waals surface area contributed by atoms with Crippen LogP contribution < -0.4 is 5.32 Å². The molecule has 0 heterocycles. The van der Waals surface area contributed by atoms with Crippen LogP contribution in [0, 0.1) is 0 Å². The van der Waals surface area contributed by atoms with Gasteiger partial charge in [0.1, 0.15) is 18.2 Å². The van der Waals surface area contributed by atoms with Crippen LogP contribution in [0.5, 0.6) is 0 Å². The lowest BCUT2D eigenvalue weighted by Gasteiger charge is -2.31. The van der Waals surface area contributed by atoms with Crippen molar-refractivity contribution in [1.29, 1.82) is 0 Å². The van der Waals surface area contributed by atoms with Crippen molar-refractivity contribution in [2.45, 2.75) is 57.6 Å². The lowest BCUT2D eigenvalue weighted by Crippen LogP contribution is -2.53. The van der Waals surface area contributed by atoms with E-state index >= 15 is 0 Å². The lowest BCUT2D eigenvalue weighted by molar-refractivity contribution is -0.151. The molecule has 0 spiro atoms. The molecule has 0 fully saturated rings. The van der Waals surface area contributed by atoms with Gasteiger partial charge in [-0.25, -0.2) is 9.59 Å². The molecule has 1 unspecified atom stereocenters. The molecule has 27 heavy (non-hydrogen) atoms. The van der Waals surface area contributed by atoms with Crippen molar-refractivity contribution in [3.63, 3.8) is 0 Å². The van der Waals surface area contributed by atoms with E-state index in [4.69, 9.17) is 9.47 Å². The van der Waals surface area contributed by atoms with Crippen LogP contribution in [-0.2, 0) is 25.7 Å². The molecular weight excluding hydrogens is 370 g/mol. The van der Waals surface area contributed by atoms with Crippen LogP contribution in [0.2, 0.25) is 0 Å². The van der Waals surface area contributed by atoms with Gasteiger partial charge in [0.05, 0.1) is 5.75 Å². The summed E-state index contributed by atoms with van der Waals surface area (Å²) in [5.41, 5.74) is 0.172. The quantitative estimate of drug-likeness (QED) is 0.649. The summed E-state index contributed by atoms with van der Waals surface area (Å²) >= 11 is 1.09. The van der Waals surface area contributed by atoms with Crippen molar-refractivity contribution in [3.8, 4) is 0 Å². The van der Waals surface area contributed by atoms with Crippen LogP contribution >= 0.6 is 11.8 Å². The topological polar surface area (TPSA) is 102 Å². The first kappa shape index (κ1) is 22.8. The van der Waals surface area contributed by atoms with Crippen LogP contribution in [0.1, 0.15) is 40.2 Å². The maximum Gasteiger partial charge on any atom is 0.408 e. The third-order valence-electron chi connectivity index (χ3n) is 3.40. The van der Waals surface area contributed by atoms with Gasteiger partial charge in [-0.15, -0.1) is 11.8 Å². The van der Waals surface area contributed by atoms with Crippen molar-refractivity contribution in [3.05, 3.63) is 35.9 Å². The van der Waals surface area contributed by atoms with Crippen molar-refractivity contribution in [2.24, 2.45) is 0 Å². The van der Waals surface area contributed by atoms with E-state index in [9.17, 15) is 19.5 Å². The summed E-state index contributed by atoms with van der Waals surface area (Å²) in [5.74, 6) is -1.70. The highest BCUT2D eigenvalue weighted by molar-refractivity contribution is 8.01. The number of carbonyl (C=O) groups is 3. The Balaban J connectivity index is 2.62. The molecule has 0 saturated heterocycles.